The van der Waals surface area contributed by atoms with Gasteiger partial charge in [-0.05, 0) is 43.7 Å². The molecule has 1 aliphatic carbocycles. The Morgan fingerprint density at radius 1 is 1.14 bits per heavy atom. The molecule has 154 valence electrons. The second kappa shape index (κ2) is 9.74. The molecule has 3 aliphatic rings. The van der Waals surface area contributed by atoms with Gasteiger partial charge in [0.15, 0.2) is 17.5 Å². The fourth-order valence-electron chi connectivity index (χ4n) is 4.59. The number of nitrogens with two attached hydrogens (primary N) is 1. The third-order valence-corrected chi connectivity index (χ3v) is 6.90. The molecule has 2 heterocycles. The summed E-state index contributed by atoms with van der Waals surface area (Å²) in [6.07, 6.45) is 7.99. The zero-order valence-electron chi connectivity index (χ0n) is 16.6. The summed E-state index contributed by atoms with van der Waals surface area (Å²) in [5.41, 5.74) is 6.62. The number of benzene rings is 1. The van der Waals surface area contributed by atoms with Crippen LogP contribution in [-0.2, 0) is 0 Å². The molecule has 1 saturated carbocycles. The second-order valence-corrected chi connectivity index (χ2v) is 8.97. The smallest absolute Gasteiger partial charge is 0.231 e. The van der Waals surface area contributed by atoms with E-state index in [2.05, 4.69) is 16.3 Å². The van der Waals surface area contributed by atoms with Gasteiger partial charge < -0.3 is 25.4 Å². The maximum atomic E-state index is 5.61. The molecule has 7 heteroatoms. The van der Waals surface area contributed by atoms with Crippen molar-refractivity contribution in [1.82, 2.24) is 4.90 Å². The van der Waals surface area contributed by atoms with Crippen LogP contribution in [-0.4, -0.2) is 54.8 Å². The predicted molar refractivity (Wildman–Crippen MR) is 117 cm³/mol. The fraction of sp³-hybridized carbons (Fsp3) is 0.667. The number of hydrogen-bond donors (Lipinski definition) is 2. The quantitative estimate of drug-likeness (QED) is 0.429. The van der Waals surface area contributed by atoms with Crippen LogP contribution in [0, 0.1) is 5.92 Å². The molecule has 2 atom stereocenters. The first-order valence-electron chi connectivity index (χ1n) is 10.6. The summed E-state index contributed by atoms with van der Waals surface area (Å²) in [5.74, 6) is 5.45. The Labute approximate surface area is 172 Å². The summed E-state index contributed by atoms with van der Waals surface area (Å²) in [4.78, 5) is 7.54. The van der Waals surface area contributed by atoms with Gasteiger partial charge in [0, 0.05) is 42.4 Å². The number of aliphatic imine (C=N–C) groups is 1. The fourth-order valence-corrected chi connectivity index (χ4v) is 5.19. The van der Waals surface area contributed by atoms with Crippen molar-refractivity contribution in [2.24, 2.45) is 16.6 Å². The van der Waals surface area contributed by atoms with Crippen LogP contribution in [0.15, 0.2) is 23.2 Å². The van der Waals surface area contributed by atoms with Gasteiger partial charge >= 0.3 is 0 Å². The topological polar surface area (TPSA) is 72.1 Å². The highest BCUT2D eigenvalue weighted by Gasteiger charge is 2.35. The van der Waals surface area contributed by atoms with E-state index < -0.39 is 0 Å². The van der Waals surface area contributed by atoms with Crippen LogP contribution >= 0.6 is 11.8 Å². The van der Waals surface area contributed by atoms with Crippen LogP contribution in [0.25, 0.3) is 0 Å². The number of guanidine groups is 1. The van der Waals surface area contributed by atoms with E-state index in [-0.39, 0.29) is 0 Å². The van der Waals surface area contributed by atoms with E-state index in [1.807, 2.05) is 23.9 Å². The van der Waals surface area contributed by atoms with Crippen LogP contribution in [0.1, 0.15) is 38.5 Å². The maximum Gasteiger partial charge on any atom is 0.231 e. The molecular formula is C21H32N4O2S. The first kappa shape index (κ1) is 19.7. The average Bonchev–Trinajstić information content (AvgIpc) is 3.20. The van der Waals surface area contributed by atoms with Crippen molar-refractivity contribution in [3.8, 4) is 11.5 Å². The van der Waals surface area contributed by atoms with Crippen LogP contribution in [0.2, 0.25) is 0 Å². The lowest BCUT2D eigenvalue weighted by molar-refractivity contribution is 0.119. The first-order valence-corrected chi connectivity index (χ1v) is 11.8. The van der Waals surface area contributed by atoms with Crippen LogP contribution in [0.4, 0.5) is 5.69 Å². The molecule has 1 saturated heterocycles. The number of nitrogens with one attached hydrogen (secondary N) is 1. The number of nitrogens with zero attached hydrogens (tertiary/aromatic N) is 2. The van der Waals surface area contributed by atoms with Gasteiger partial charge in [-0.15, -0.1) is 0 Å². The lowest BCUT2D eigenvalue weighted by Gasteiger charge is -2.45. The minimum atomic E-state index is 0.300. The number of likely N-dealkylation sites (tertiary alicyclic amines) is 1. The Hall–Kier alpha value is -1.60. The van der Waals surface area contributed by atoms with Gasteiger partial charge in [0.05, 0.1) is 6.54 Å². The molecule has 2 fully saturated rings. The van der Waals surface area contributed by atoms with Crippen LogP contribution < -0.4 is 20.5 Å². The Balaban J connectivity index is 1.50. The van der Waals surface area contributed by atoms with E-state index >= 15 is 0 Å². The van der Waals surface area contributed by atoms with Gasteiger partial charge in [-0.1, -0.05) is 12.8 Å². The molecule has 0 aromatic heterocycles. The Kier molecular flexibility index (Phi) is 6.86. The van der Waals surface area contributed by atoms with Crippen molar-refractivity contribution in [2.45, 2.75) is 44.6 Å². The molecule has 0 spiro atoms. The molecule has 0 radical (unpaired) electrons. The number of hydrogen-bond acceptors (Lipinski definition) is 5. The molecule has 1 aromatic rings. The zero-order valence-corrected chi connectivity index (χ0v) is 17.4. The van der Waals surface area contributed by atoms with Crippen LogP contribution in [0.3, 0.4) is 0 Å². The van der Waals surface area contributed by atoms with Crippen molar-refractivity contribution >= 4 is 23.4 Å². The summed E-state index contributed by atoms with van der Waals surface area (Å²) in [6.45, 7) is 2.93. The summed E-state index contributed by atoms with van der Waals surface area (Å²) in [6, 6.07) is 6.66. The molecule has 2 unspecified atom stereocenters. The summed E-state index contributed by atoms with van der Waals surface area (Å²) in [5, 5.41) is 3.61. The predicted octanol–water partition coefficient (Wildman–Crippen LogP) is 3.53. The molecule has 1 aromatic carbocycles. The van der Waals surface area contributed by atoms with E-state index in [0.717, 1.165) is 60.2 Å². The maximum absolute atomic E-state index is 5.61. The van der Waals surface area contributed by atoms with E-state index in [9.17, 15) is 0 Å². The van der Waals surface area contributed by atoms with Crippen molar-refractivity contribution in [3.05, 3.63) is 18.2 Å². The number of anilines is 1. The Bertz CT molecular complexity index is 682. The van der Waals surface area contributed by atoms with Gasteiger partial charge in [0.2, 0.25) is 6.79 Å². The van der Waals surface area contributed by atoms with E-state index in [1.54, 1.807) is 0 Å². The molecule has 3 N–H and O–H groups in total. The van der Waals surface area contributed by atoms with E-state index in [1.165, 1.54) is 38.5 Å². The molecule has 28 heavy (non-hydrogen) atoms. The van der Waals surface area contributed by atoms with Gasteiger partial charge in [0.1, 0.15) is 0 Å². The monoisotopic (exact) mass is 404 g/mol. The highest BCUT2D eigenvalue weighted by Crippen LogP contribution is 2.37. The van der Waals surface area contributed by atoms with Crippen molar-refractivity contribution in [3.63, 3.8) is 0 Å². The third kappa shape index (κ3) is 4.69. The lowest BCUT2D eigenvalue weighted by Crippen LogP contribution is -2.52. The first-order chi connectivity index (χ1) is 13.8. The van der Waals surface area contributed by atoms with Crippen LogP contribution in [0.5, 0.6) is 11.5 Å². The largest absolute Gasteiger partial charge is 0.454 e. The summed E-state index contributed by atoms with van der Waals surface area (Å²) in [7, 11) is 0. The number of fused-ring (bicyclic) bond motifs is 2. The minimum absolute atomic E-state index is 0.300. The third-order valence-electron chi connectivity index (χ3n) is 5.90. The lowest BCUT2D eigenvalue weighted by atomic mass is 9.78. The Morgan fingerprint density at radius 2 is 2.00 bits per heavy atom. The van der Waals surface area contributed by atoms with Gasteiger partial charge in [0.25, 0.3) is 0 Å². The minimum Gasteiger partial charge on any atom is -0.454 e. The highest BCUT2D eigenvalue weighted by molar-refractivity contribution is 7.99. The molecule has 0 amide bonds. The SMILES string of the molecule is NCCSCCN=C(Nc1ccc2c(c1)OCO2)N1CCCC2CCCCC21. The summed E-state index contributed by atoms with van der Waals surface area (Å²) < 4.78 is 11.0. The number of ether oxygens (including phenoxy) is 2. The van der Waals surface area contributed by atoms with E-state index in [0.29, 0.717) is 12.8 Å². The molecular weight excluding hydrogens is 372 g/mol. The van der Waals surface area contributed by atoms with E-state index in [4.69, 9.17) is 20.2 Å². The normalized spacial score (nSPS) is 24.2. The van der Waals surface area contributed by atoms with Gasteiger partial charge in [-0.3, -0.25) is 4.99 Å². The van der Waals surface area contributed by atoms with Gasteiger partial charge in [-0.2, -0.15) is 11.8 Å². The second-order valence-electron chi connectivity index (χ2n) is 7.75. The highest BCUT2D eigenvalue weighted by atomic mass is 32.2. The van der Waals surface area contributed by atoms with Crippen molar-refractivity contribution in [2.75, 3.05) is 43.2 Å². The number of thioether (sulfide) groups is 1. The molecule has 0 bridgehead atoms. The average molecular weight is 405 g/mol. The summed E-state index contributed by atoms with van der Waals surface area (Å²) >= 11 is 1.87. The van der Waals surface area contributed by atoms with Crippen molar-refractivity contribution < 1.29 is 9.47 Å². The van der Waals surface area contributed by atoms with Gasteiger partial charge in [-0.25, -0.2) is 0 Å². The molecule has 2 aliphatic heterocycles. The number of piperidine rings is 1. The standard InChI is InChI=1S/C21H32N4O2S/c22-9-12-28-13-10-23-21(24-17-7-8-19-20(14-17)27-15-26-19)25-11-3-5-16-4-1-2-6-18(16)25/h7-8,14,16,18H,1-6,9-13,15,22H2,(H,23,24). The molecule has 6 nitrogen and oxygen atoms in total. The Morgan fingerprint density at radius 3 is 2.93 bits per heavy atom. The number of rotatable bonds is 6. The molecule has 4 rings (SSSR count). The van der Waals surface area contributed by atoms with Crippen molar-refractivity contribution in [1.29, 1.82) is 0 Å². The zero-order chi connectivity index (χ0) is 19.2.